The maximum Gasteiger partial charge on any atom is 0.258 e. The van der Waals surface area contributed by atoms with Crippen LogP contribution in [0.25, 0.3) is 0 Å². The first-order chi connectivity index (χ1) is 9.08. The van der Waals surface area contributed by atoms with Crippen molar-refractivity contribution in [2.75, 3.05) is 20.8 Å². The third-order valence-corrected chi connectivity index (χ3v) is 2.71. The second-order valence-corrected chi connectivity index (χ2v) is 4.21. The summed E-state index contributed by atoms with van der Waals surface area (Å²) in [6.07, 6.45) is 0.888. The molecule has 1 aromatic rings. The van der Waals surface area contributed by atoms with E-state index in [2.05, 4.69) is 5.32 Å². The van der Waals surface area contributed by atoms with E-state index in [4.69, 9.17) is 14.2 Å². The number of ether oxygens (including phenoxy) is 3. The molecule has 0 saturated heterocycles. The molecular weight excluding hydrogens is 246 g/mol. The number of rotatable bonds is 7. The minimum absolute atomic E-state index is 0.0271. The summed E-state index contributed by atoms with van der Waals surface area (Å²) in [6.45, 7) is 3.94. The molecule has 1 unspecified atom stereocenters. The Bertz CT molecular complexity index is 398. The number of carbonyl (C=O) groups excluding carboxylic acids is 1. The van der Waals surface area contributed by atoms with Crippen molar-refractivity contribution in [1.29, 1.82) is 0 Å². The first kappa shape index (κ1) is 15.1. The summed E-state index contributed by atoms with van der Waals surface area (Å²) in [4.78, 5) is 11.6. The average molecular weight is 267 g/mol. The second kappa shape index (κ2) is 7.51. The maximum atomic E-state index is 11.6. The van der Waals surface area contributed by atoms with Gasteiger partial charge in [0.25, 0.3) is 5.91 Å². The molecule has 0 radical (unpaired) electrons. The van der Waals surface area contributed by atoms with Gasteiger partial charge in [-0.25, -0.2) is 0 Å². The first-order valence-electron chi connectivity index (χ1n) is 6.24. The average Bonchev–Trinajstić information content (AvgIpc) is 2.44. The van der Waals surface area contributed by atoms with Crippen LogP contribution < -0.4 is 19.5 Å². The number of hydrogen-bond acceptors (Lipinski definition) is 4. The van der Waals surface area contributed by atoms with E-state index in [-0.39, 0.29) is 18.6 Å². The zero-order valence-corrected chi connectivity index (χ0v) is 11.9. The number of methoxy groups -OCH3 is 2. The molecule has 0 bridgehead atoms. The Kier molecular flexibility index (Phi) is 5.99. The molecule has 1 atom stereocenters. The van der Waals surface area contributed by atoms with Crippen LogP contribution in [0.15, 0.2) is 18.2 Å². The van der Waals surface area contributed by atoms with Gasteiger partial charge in [-0.1, -0.05) is 6.92 Å². The summed E-state index contributed by atoms with van der Waals surface area (Å²) < 4.78 is 15.7. The van der Waals surface area contributed by atoms with Gasteiger partial charge in [-0.2, -0.15) is 0 Å². The molecule has 1 aromatic carbocycles. The Hall–Kier alpha value is -1.91. The first-order valence-corrected chi connectivity index (χ1v) is 6.24. The van der Waals surface area contributed by atoms with E-state index in [1.54, 1.807) is 32.4 Å². The molecule has 0 aromatic heterocycles. The van der Waals surface area contributed by atoms with Crippen LogP contribution in [0.3, 0.4) is 0 Å². The van der Waals surface area contributed by atoms with Gasteiger partial charge >= 0.3 is 0 Å². The van der Waals surface area contributed by atoms with E-state index in [1.165, 1.54) is 0 Å². The highest BCUT2D eigenvalue weighted by atomic mass is 16.5. The predicted octanol–water partition coefficient (Wildman–Crippen LogP) is 2.00. The van der Waals surface area contributed by atoms with E-state index < -0.39 is 0 Å². The van der Waals surface area contributed by atoms with Crippen molar-refractivity contribution in [3.05, 3.63) is 18.2 Å². The molecule has 0 spiro atoms. The summed E-state index contributed by atoms with van der Waals surface area (Å²) in [6, 6.07) is 5.31. The zero-order valence-electron chi connectivity index (χ0n) is 11.9. The van der Waals surface area contributed by atoms with Crippen LogP contribution in [-0.2, 0) is 4.79 Å². The van der Waals surface area contributed by atoms with Gasteiger partial charge in [-0.3, -0.25) is 4.79 Å². The smallest absolute Gasteiger partial charge is 0.258 e. The third kappa shape index (κ3) is 5.07. The van der Waals surface area contributed by atoms with E-state index in [0.717, 1.165) is 6.42 Å². The van der Waals surface area contributed by atoms with Crippen molar-refractivity contribution in [3.8, 4) is 17.2 Å². The highest BCUT2D eigenvalue weighted by Crippen LogP contribution is 2.27. The number of carbonyl (C=O) groups is 1. The SMILES string of the molecule is CCC(C)NC(=O)COc1cc(OC)cc(OC)c1. The molecule has 1 N–H and O–H groups in total. The van der Waals surface area contributed by atoms with Gasteiger partial charge in [0.15, 0.2) is 6.61 Å². The molecule has 0 heterocycles. The summed E-state index contributed by atoms with van der Waals surface area (Å²) in [5.74, 6) is 1.64. The molecule has 0 saturated carbocycles. The highest BCUT2D eigenvalue weighted by Gasteiger charge is 2.08. The van der Waals surface area contributed by atoms with E-state index in [0.29, 0.717) is 17.2 Å². The van der Waals surface area contributed by atoms with E-state index in [9.17, 15) is 4.79 Å². The molecule has 0 aliphatic carbocycles. The van der Waals surface area contributed by atoms with Gasteiger partial charge in [0, 0.05) is 24.2 Å². The number of benzene rings is 1. The fourth-order valence-corrected chi connectivity index (χ4v) is 1.43. The Balaban J connectivity index is 2.59. The molecule has 5 nitrogen and oxygen atoms in total. The largest absolute Gasteiger partial charge is 0.496 e. The third-order valence-electron chi connectivity index (χ3n) is 2.71. The highest BCUT2D eigenvalue weighted by molar-refractivity contribution is 5.77. The fraction of sp³-hybridized carbons (Fsp3) is 0.500. The van der Waals surface area contributed by atoms with E-state index >= 15 is 0 Å². The van der Waals surface area contributed by atoms with E-state index in [1.807, 2.05) is 13.8 Å². The minimum atomic E-state index is -0.142. The quantitative estimate of drug-likeness (QED) is 0.821. The van der Waals surface area contributed by atoms with Crippen molar-refractivity contribution >= 4 is 5.91 Å². The van der Waals surface area contributed by atoms with Crippen molar-refractivity contribution in [3.63, 3.8) is 0 Å². The lowest BCUT2D eigenvalue weighted by Crippen LogP contribution is -2.35. The summed E-state index contributed by atoms with van der Waals surface area (Å²) >= 11 is 0. The summed E-state index contributed by atoms with van der Waals surface area (Å²) in [7, 11) is 3.13. The predicted molar refractivity (Wildman–Crippen MR) is 72.9 cm³/mol. The van der Waals surface area contributed by atoms with Gasteiger partial charge in [0.1, 0.15) is 17.2 Å². The maximum absolute atomic E-state index is 11.6. The molecule has 0 fully saturated rings. The lowest BCUT2D eigenvalue weighted by Gasteiger charge is -2.13. The number of nitrogens with one attached hydrogen (secondary N) is 1. The molecule has 0 aliphatic rings. The molecule has 19 heavy (non-hydrogen) atoms. The Morgan fingerprint density at radius 3 is 2.16 bits per heavy atom. The fourth-order valence-electron chi connectivity index (χ4n) is 1.43. The van der Waals surface area contributed by atoms with Crippen LogP contribution in [0.4, 0.5) is 0 Å². The molecule has 1 amide bonds. The normalized spacial score (nSPS) is 11.6. The van der Waals surface area contributed by atoms with Crippen LogP contribution in [-0.4, -0.2) is 32.8 Å². The summed E-state index contributed by atoms with van der Waals surface area (Å²) in [5.41, 5.74) is 0. The van der Waals surface area contributed by atoms with Crippen LogP contribution in [0, 0.1) is 0 Å². The van der Waals surface area contributed by atoms with Gasteiger partial charge in [-0.15, -0.1) is 0 Å². The standard InChI is InChI=1S/C14H21NO4/c1-5-10(2)15-14(16)9-19-13-7-11(17-3)6-12(8-13)18-4/h6-8,10H,5,9H2,1-4H3,(H,15,16). The summed E-state index contributed by atoms with van der Waals surface area (Å²) in [5, 5.41) is 2.83. The van der Waals surface area contributed by atoms with Gasteiger partial charge < -0.3 is 19.5 Å². The van der Waals surface area contributed by atoms with Crippen LogP contribution >= 0.6 is 0 Å². The number of amides is 1. The lowest BCUT2D eigenvalue weighted by atomic mass is 10.2. The van der Waals surface area contributed by atoms with Crippen molar-refractivity contribution < 1.29 is 19.0 Å². The van der Waals surface area contributed by atoms with Crippen molar-refractivity contribution in [1.82, 2.24) is 5.32 Å². The monoisotopic (exact) mass is 267 g/mol. The zero-order chi connectivity index (χ0) is 14.3. The Morgan fingerprint density at radius 2 is 1.68 bits per heavy atom. The number of hydrogen-bond donors (Lipinski definition) is 1. The molecule has 0 aliphatic heterocycles. The van der Waals surface area contributed by atoms with Crippen molar-refractivity contribution in [2.24, 2.45) is 0 Å². The molecular formula is C14H21NO4. The molecule has 5 heteroatoms. The van der Waals surface area contributed by atoms with Crippen LogP contribution in [0.5, 0.6) is 17.2 Å². The second-order valence-electron chi connectivity index (χ2n) is 4.21. The van der Waals surface area contributed by atoms with Gasteiger partial charge in [-0.05, 0) is 13.3 Å². The molecule has 1 rings (SSSR count). The Labute approximate surface area is 113 Å². The topological polar surface area (TPSA) is 56.8 Å². The van der Waals surface area contributed by atoms with Gasteiger partial charge in [0.05, 0.1) is 14.2 Å². The van der Waals surface area contributed by atoms with Gasteiger partial charge in [0.2, 0.25) is 0 Å². The Morgan fingerprint density at radius 1 is 1.16 bits per heavy atom. The van der Waals surface area contributed by atoms with Crippen LogP contribution in [0.2, 0.25) is 0 Å². The van der Waals surface area contributed by atoms with Crippen LogP contribution in [0.1, 0.15) is 20.3 Å². The van der Waals surface area contributed by atoms with Crippen molar-refractivity contribution in [2.45, 2.75) is 26.3 Å². The lowest BCUT2D eigenvalue weighted by molar-refractivity contribution is -0.123. The minimum Gasteiger partial charge on any atom is -0.496 e. The molecule has 106 valence electrons.